The summed E-state index contributed by atoms with van der Waals surface area (Å²) in [5.74, 6) is -1.05. The topological polar surface area (TPSA) is 75.7 Å². The van der Waals surface area contributed by atoms with E-state index >= 15 is 0 Å². The number of nitrogens with zero attached hydrogens (tertiary/aromatic N) is 1. The van der Waals surface area contributed by atoms with Crippen LogP contribution < -0.4 is 5.32 Å². The number of ether oxygens (including phenoxy) is 1. The zero-order valence-electron chi connectivity index (χ0n) is 13.7. The number of nitrogens with one attached hydrogen (secondary N) is 1. The average Bonchev–Trinajstić information content (AvgIpc) is 2.55. The molecule has 0 atom stereocenters. The predicted octanol–water partition coefficient (Wildman–Crippen LogP) is 2.23. The fourth-order valence-electron chi connectivity index (χ4n) is 1.91. The molecule has 1 rings (SSSR count). The number of anilines is 1. The molecule has 0 unspecified atom stereocenters. The molecular formula is C17H22N2O4. The third-order valence-electron chi connectivity index (χ3n) is 3.11. The summed E-state index contributed by atoms with van der Waals surface area (Å²) in [6, 6.07) is 6.59. The monoisotopic (exact) mass is 318 g/mol. The number of hydrogen-bond donors (Lipinski definition) is 1. The van der Waals surface area contributed by atoms with E-state index in [9.17, 15) is 14.4 Å². The van der Waals surface area contributed by atoms with Gasteiger partial charge < -0.3 is 15.0 Å². The molecule has 0 aliphatic rings. The van der Waals surface area contributed by atoms with Gasteiger partial charge >= 0.3 is 5.97 Å². The molecule has 6 heteroatoms. The maximum atomic E-state index is 12.2. The third-order valence-corrected chi connectivity index (χ3v) is 3.11. The van der Waals surface area contributed by atoms with Crippen LogP contribution in [0.25, 0.3) is 0 Å². The zero-order chi connectivity index (χ0) is 17.2. The number of carbonyl (C=O) groups is 3. The number of hydrogen-bond acceptors (Lipinski definition) is 4. The van der Waals surface area contributed by atoms with Crippen molar-refractivity contribution < 1.29 is 19.1 Å². The highest BCUT2D eigenvalue weighted by Gasteiger charge is 2.12. The summed E-state index contributed by atoms with van der Waals surface area (Å²) < 4.78 is 4.74. The van der Waals surface area contributed by atoms with Gasteiger partial charge in [0.1, 0.15) is 0 Å². The van der Waals surface area contributed by atoms with Crippen LogP contribution in [-0.2, 0) is 14.3 Å². The van der Waals surface area contributed by atoms with Gasteiger partial charge in [0.05, 0.1) is 0 Å². The van der Waals surface area contributed by atoms with E-state index in [4.69, 9.17) is 4.74 Å². The van der Waals surface area contributed by atoms with Crippen molar-refractivity contribution in [3.8, 4) is 0 Å². The first-order valence-electron chi connectivity index (χ1n) is 7.50. The molecule has 0 spiro atoms. The van der Waals surface area contributed by atoms with Crippen LogP contribution in [0.2, 0.25) is 0 Å². The Morgan fingerprint density at radius 2 is 1.74 bits per heavy atom. The van der Waals surface area contributed by atoms with Crippen molar-refractivity contribution in [1.29, 1.82) is 0 Å². The van der Waals surface area contributed by atoms with E-state index in [0.717, 1.165) is 0 Å². The fourth-order valence-corrected chi connectivity index (χ4v) is 1.91. The van der Waals surface area contributed by atoms with Crippen LogP contribution in [0.1, 0.15) is 31.1 Å². The van der Waals surface area contributed by atoms with Crippen molar-refractivity contribution in [3.05, 3.63) is 42.0 Å². The Kier molecular flexibility index (Phi) is 7.53. The van der Waals surface area contributed by atoms with Gasteiger partial charge in [-0.05, 0) is 45.0 Å². The summed E-state index contributed by atoms with van der Waals surface area (Å²) in [6.45, 7) is 6.46. The average molecular weight is 318 g/mol. The van der Waals surface area contributed by atoms with E-state index in [0.29, 0.717) is 24.3 Å². The van der Waals surface area contributed by atoms with Crippen molar-refractivity contribution in [2.24, 2.45) is 0 Å². The van der Waals surface area contributed by atoms with Crippen molar-refractivity contribution in [2.75, 3.05) is 25.0 Å². The van der Waals surface area contributed by atoms with Gasteiger partial charge in [0.25, 0.3) is 11.8 Å². The predicted molar refractivity (Wildman–Crippen MR) is 88.1 cm³/mol. The Hall–Kier alpha value is -2.63. The summed E-state index contributed by atoms with van der Waals surface area (Å²) in [5, 5.41) is 2.60. The first-order chi connectivity index (χ1) is 11.0. The highest BCUT2D eigenvalue weighted by Crippen LogP contribution is 2.11. The van der Waals surface area contributed by atoms with E-state index in [1.807, 2.05) is 13.8 Å². The smallest absolute Gasteiger partial charge is 0.330 e. The molecule has 0 aliphatic heterocycles. The number of esters is 1. The summed E-state index contributed by atoms with van der Waals surface area (Å²) >= 11 is 0. The molecule has 1 aromatic carbocycles. The number of amides is 2. The molecule has 0 heterocycles. The highest BCUT2D eigenvalue weighted by atomic mass is 16.5. The van der Waals surface area contributed by atoms with E-state index in [1.165, 1.54) is 12.2 Å². The molecule has 23 heavy (non-hydrogen) atoms. The number of carbonyl (C=O) groups excluding carboxylic acids is 3. The van der Waals surface area contributed by atoms with Gasteiger partial charge in [-0.3, -0.25) is 9.59 Å². The van der Waals surface area contributed by atoms with Gasteiger partial charge in [-0.15, -0.1) is 0 Å². The van der Waals surface area contributed by atoms with E-state index in [-0.39, 0.29) is 12.5 Å². The molecule has 0 bridgehead atoms. The molecule has 1 aromatic rings. The van der Waals surface area contributed by atoms with Crippen molar-refractivity contribution in [3.63, 3.8) is 0 Å². The van der Waals surface area contributed by atoms with Crippen LogP contribution in [0.15, 0.2) is 36.4 Å². The lowest BCUT2D eigenvalue weighted by atomic mass is 10.2. The van der Waals surface area contributed by atoms with Crippen LogP contribution in [0.5, 0.6) is 0 Å². The fraction of sp³-hybridized carbons (Fsp3) is 0.353. The first kappa shape index (κ1) is 18.4. The molecule has 0 saturated carbocycles. The molecular weight excluding hydrogens is 296 g/mol. The molecule has 6 nitrogen and oxygen atoms in total. The Bertz CT molecular complexity index is 575. The standard InChI is InChI=1S/C17H22N2O4/c1-4-7-16(21)23-12-15(20)18-14-10-8-13(9-11-14)17(22)19(5-2)6-3/h4,7-11H,5-6,12H2,1-3H3,(H,18,20)/b7-4+. The largest absolute Gasteiger partial charge is 0.452 e. The minimum atomic E-state index is -0.567. The second kappa shape index (κ2) is 9.40. The van der Waals surface area contributed by atoms with Gasteiger partial charge in [0, 0.05) is 30.4 Å². The number of benzene rings is 1. The third kappa shape index (κ3) is 5.94. The van der Waals surface area contributed by atoms with E-state index in [1.54, 1.807) is 36.1 Å². The van der Waals surface area contributed by atoms with Gasteiger partial charge in [0.15, 0.2) is 6.61 Å². The molecule has 0 radical (unpaired) electrons. The minimum Gasteiger partial charge on any atom is -0.452 e. The SMILES string of the molecule is C/C=C/C(=O)OCC(=O)Nc1ccc(C(=O)N(CC)CC)cc1. The van der Waals surface area contributed by atoms with Crippen LogP contribution >= 0.6 is 0 Å². The Labute approximate surface area is 136 Å². The summed E-state index contributed by atoms with van der Waals surface area (Å²) in [6.07, 6.45) is 2.77. The van der Waals surface area contributed by atoms with Gasteiger partial charge in [0.2, 0.25) is 0 Å². The van der Waals surface area contributed by atoms with Crippen molar-refractivity contribution in [1.82, 2.24) is 4.90 Å². The van der Waals surface area contributed by atoms with Crippen LogP contribution in [-0.4, -0.2) is 42.4 Å². The normalized spacial score (nSPS) is 10.4. The zero-order valence-corrected chi connectivity index (χ0v) is 13.7. The molecule has 1 N–H and O–H groups in total. The lowest BCUT2D eigenvalue weighted by Crippen LogP contribution is -2.30. The lowest BCUT2D eigenvalue weighted by Gasteiger charge is -2.18. The van der Waals surface area contributed by atoms with E-state index in [2.05, 4.69) is 5.32 Å². The second-order valence-electron chi connectivity index (χ2n) is 4.71. The maximum Gasteiger partial charge on any atom is 0.330 e. The van der Waals surface area contributed by atoms with Crippen molar-refractivity contribution >= 4 is 23.5 Å². The Balaban J connectivity index is 2.58. The highest BCUT2D eigenvalue weighted by molar-refractivity contribution is 5.96. The van der Waals surface area contributed by atoms with Gasteiger partial charge in [-0.2, -0.15) is 0 Å². The molecule has 0 aliphatic carbocycles. The minimum absolute atomic E-state index is 0.0480. The summed E-state index contributed by atoms with van der Waals surface area (Å²) in [4.78, 5) is 36.6. The quantitative estimate of drug-likeness (QED) is 0.618. The Morgan fingerprint density at radius 3 is 2.26 bits per heavy atom. The maximum absolute atomic E-state index is 12.2. The van der Waals surface area contributed by atoms with E-state index < -0.39 is 11.9 Å². The second-order valence-corrected chi connectivity index (χ2v) is 4.71. The molecule has 2 amide bonds. The molecule has 0 fully saturated rings. The van der Waals surface area contributed by atoms with Crippen LogP contribution in [0.4, 0.5) is 5.69 Å². The molecule has 0 aromatic heterocycles. The molecule has 124 valence electrons. The summed E-state index contributed by atoms with van der Waals surface area (Å²) in [5.41, 5.74) is 1.10. The van der Waals surface area contributed by atoms with Gasteiger partial charge in [-0.1, -0.05) is 6.08 Å². The number of rotatable bonds is 7. The van der Waals surface area contributed by atoms with Gasteiger partial charge in [-0.25, -0.2) is 4.79 Å². The van der Waals surface area contributed by atoms with Crippen LogP contribution in [0, 0.1) is 0 Å². The summed E-state index contributed by atoms with van der Waals surface area (Å²) in [7, 11) is 0. The van der Waals surface area contributed by atoms with Crippen molar-refractivity contribution in [2.45, 2.75) is 20.8 Å². The molecule has 0 saturated heterocycles. The number of allylic oxidation sites excluding steroid dienone is 1. The Morgan fingerprint density at radius 1 is 1.13 bits per heavy atom. The first-order valence-corrected chi connectivity index (χ1v) is 7.50. The lowest BCUT2D eigenvalue weighted by molar-refractivity contribution is -0.142. The van der Waals surface area contributed by atoms with Crippen LogP contribution in [0.3, 0.4) is 0 Å².